The first-order chi connectivity index (χ1) is 10.4. The summed E-state index contributed by atoms with van der Waals surface area (Å²) in [5.74, 6) is 0. The van der Waals surface area contributed by atoms with Crippen molar-refractivity contribution >= 4 is 10.9 Å². The monoisotopic (exact) mass is 278 g/mol. The zero-order chi connectivity index (χ0) is 14.5. The standard InChI is InChI=1S/C19H22N2/c1-20-12-5-8-16-9-10-19-18(14-16)11-13-21(19)15-17-6-3-2-4-7-17/h2-4,6-7,9-11,13-14,20H,5,8,12,15H2,1H3. The lowest BCUT2D eigenvalue weighted by atomic mass is 10.1. The van der Waals surface area contributed by atoms with Gasteiger partial charge in [-0.15, -0.1) is 0 Å². The highest BCUT2D eigenvalue weighted by atomic mass is 14.9. The number of aromatic nitrogens is 1. The fourth-order valence-corrected chi connectivity index (χ4v) is 2.79. The summed E-state index contributed by atoms with van der Waals surface area (Å²) in [7, 11) is 2.01. The van der Waals surface area contributed by atoms with Crippen molar-refractivity contribution < 1.29 is 0 Å². The van der Waals surface area contributed by atoms with Gasteiger partial charge in [-0.3, -0.25) is 0 Å². The van der Waals surface area contributed by atoms with Crippen molar-refractivity contribution in [3.63, 3.8) is 0 Å². The maximum absolute atomic E-state index is 3.20. The zero-order valence-electron chi connectivity index (χ0n) is 12.5. The highest BCUT2D eigenvalue weighted by molar-refractivity contribution is 5.81. The van der Waals surface area contributed by atoms with Gasteiger partial charge in [0.05, 0.1) is 0 Å². The molecule has 0 saturated carbocycles. The number of fused-ring (bicyclic) bond motifs is 1. The smallest absolute Gasteiger partial charge is 0.0483 e. The number of nitrogens with one attached hydrogen (secondary N) is 1. The van der Waals surface area contributed by atoms with Crippen molar-refractivity contribution in [1.82, 2.24) is 9.88 Å². The molecule has 1 aromatic heterocycles. The third kappa shape index (κ3) is 3.34. The van der Waals surface area contributed by atoms with Gasteiger partial charge >= 0.3 is 0 Å². The molecule has 1 N–H and O–H groups in total. The van der Waals surface area contributed by atoms with Crippen molar-refractivity contribution in [2.75, 3.05) is 13.6 Å². The number of nitrogens with zero attached hydrogens (tertiary/aromatic N) is 1. The second-order valence-electron chi connectivity index (χ2n) is 5.53. The molecule has 2 aromatic carbocycles. The third-order valence-corrected chi connectivity index (χ3v) is 3.92. The quantitative estimate of drug-likeness (QED) is 0.678. The van der Waals surface area contributed by atoms with E-state index in [1.54, 1.807) is 0 Å². The summed E-state index contributed by atoms with van der Waals surface area (Å²) in [6.45, 7) is 2.01. The summed E-state index contributed by atoms with van der Waals surface area (Å²) in [5, 5.41) is 4.54. The van der Waals surface area contributed by atoms with Crippen molar-refractivity contribution in [1.29, 1.82) is 0 Å². The molecule has 0 spiro atoms. The molecule has 3 rings (SSSR count). The van der Waals surface area contributed by atoms with Crippen LogP contribution in [0.2, 0.25) is 0 Å². The first-order valence-corrected chi connectivity index (χ1v) is 7.63. The molecule has 1 heterocycles. The van der Waals surface area contributed by atoms with Gasteiger partial charge in [0.1, 0.15) is 0 Å². The Balaban J connectivity index is 1.79. The van der Waals surface area contributed by atoms with Crippen molar-refractivity contribution in [2.45, 2.75) is 19.4 Å². The Hall–Kier alpha value is -2.06. The number of hydrogen-bond donors (Lipinski definition) is 1. The molecule has 0 aliphatic carbocycles. The SMILES string of the molecule is CNCCCc1ccc2c(ccn2Cc2ccccc2)c1. The molecule has 108 valence electrons. The van der Waals surface area contributed by atoms with Gasteiger partial charge in [0, 0.05) is 18.3 Å². The Labute approximate surface area is 126 Å². The molecule has 0 radical (unpaired) electrons. The lowest BCUT2D eigenvalue weighted by Gasteiger charge is -2.07. The van der Waals surface area contributed by atoms with E-state index in [9.17, 15) is 0 Å². The molecule has 0 saturated heterocycles. The van der Waals surface area contributed by atoms with E-state index in [4.69, 9.17) is 0 Å². The van der Waals surface area contributed by atoms with Gasteiger partial charge in [-0.05, 0) is 61.1 Å². The first kappa shape index (κ1) is 13.9. The molecule has 0 fully saturated rings. The van der Waals surface area contributed by atoms with Gasteiger partial charge in [0.2, 0.25) is 0 Å². The fraction of sp³-hybridized carbons (Fsp3) is 0.263. The van der Waals surface area contributed by atoms with Crippen LogP contribution in [0.15, 0.2) is 60.8 Å². The van der Waals surface area contributed by atoms with Crippen LogP contribution in [0.4, 0.5) is 0 Å². The van der Waals surface area contributed by atoms with Gasteiger partial charge in [-0.2, -0.15) is 0 Å². The largest absolute Gasteiger partial charge is 0.343 e. The summed E-state index contributed by atoms with van der Waals surface area (Å²) >= 11 is 0. The summed E-state index contributed by atoms with van der Waals surface area (Å²) < 4.78 is 2.32. The second-order valence-corrected chi connectivity index (χ2v) is 5.53. The minimum atomic E-state index is 0.934. The minimum Gasteiger partial charge on any atom is -0.343 e. The van der Waals surface area contributed by atoms with Gasteiger partial charge < -0.3 is 9.88 Å². The Morgan fingerprint density at radius 3 is 2.62 bits per heavy atom. The van der Waals surface area contributed by atoms with Crippen LogP contribution in [-0.2, 0) is 13.0 Å². The summed E-state index contributed by atoms with van der Waals surface area (Å²) in [4.78, 5) is 0. The third-order valence-electron chi connectivity index (χ3n) is 3.92. The average Bonchev–Trinajstić information content (AvgIpc) is 2.91. The van der Waals surface area contributed by atoms with Crippen LogP contribution in [0.5, 0.6) is 0 Å². The Morgan fingerprint density at radius 1 is 0.952 bits per heavy atom. The van der Waals surface area contributed by atoms with E-state index in [0.29, 0.717) is 0 Å². The highest BCUT2D eigenvalue weighted by Gasteiger charge is 2.03. The van der Waals surface area contributed by atoms with Crippen LogP contribution in [0, 0.1) is 0 Å². The van der Waals surface area contributed by atoms with E-state index < -0.39 is 0 Å². The highest BCUT2D eigenvalue weighted by Crippen LogP contribution is 2.19. The van der Waals surface area contributed by atoms with E-state index in [0.717, 1.165) is 19.5 Å². The topological polar surface area (TPSA) is 17.0 Å². The van der Waals surface area contributed by atoms with E-state index in [1.165, 1.54) is 28.5 Å². The predicted octanol–water partition coefficient (Wildman–Crippen LogP) is 3.84. The summed E-state index contributed by atoms with van der Waals surface area (Å²) in [6.07, 6.45) is 4.52. The molecule has 0 unspecified atom stereocenters. The second kappa shape index (κ2) is 6.59. The van der Waals surface area contributed by atoms with Crippen molar-refractivity contribution in [3.05, 3.63) is 71.9 Å². The van der Waals surface area contributed by atoms with E-state index in [1.807, 2.05) is 7.05 Å². The van der Waals surface area contributed by atoms with Crippen LogP contribution in [-0.4, -0.2) is 18.2 Å². The van der Waals surface area contributed by atoms with Crippen LogP contribution in [0.25, 0.3) is 10.9 Å². The minimum absolute atomic E-state index is 0.934. The van der Waals surface area contributed by atoms with E-state index >= 15 is 0 Å². The summed E-state index contributed by atoms with van der Waals surface area (Å²) in [5.41, 5.74) is 4.08. The van der Waals surface area contributed by atoms with Crippen LogP contribution in [0.3, 0.4) is 0 Å². The normalized spacial score (nSPS) is 11.1. The lowest BCUT2D eigenvalue weighted by Crippen LogP contribution is -2.08. The van der Waals surface area contributed by atoms with Crippen molar-refractivity contribution in [2.24, 2.45) is 0 Å². The molecule has 21 heavy (non-hydrogen) atoms. The molecule has 0 aliphatic heterocycles. The Morgan fingerprint density at radius 2 is 1.81 bits per heavy atom. The van der Waals surface area contributed by atoms with Gasteiger partial charge in [0.15, 0.2) is 0 Å². The van der Waals surface area contributed by atoms with Crippen molar-refractivity contribution in [3.8, 4) is 0 Å². The maximum atomic E-state index is 3.20. The van der Waals surface area contributed by atoms with Crippen LogP contribution in [0.1, 0.15) is 17.5 Å². The Kier molecular flexibility index (Phi) is 4.37. The van der Waals surface area contributed by atoms with Gasteiger partial charge in [0.25, 0.3) is 0 Å². The maximum Gasteiger partial charge on any atom is 0.0483 e. The predicted molar refractivity (Wildman–Crippen MR) is 89.7 cm³/mol. The number of aryl methyl sites for hydroxylation is 1. The zero-order valence-corrected chi connectivity index (χ0v) is 12.5. The lowest BCUT2D eigenvalue weighted by molar-refractivity contribution is 0.725. The molecular weight excluding hydrogens is 256 g/mol. The van der Waals surface area contributed by atoms with E-state index in [-0.39, 0.29) is 0 Å². The van der Waals surface area contributed by atoms with E-state index in [2.05, 4.69) is 70.7 Å². The molecule has 0 aliphatic rings. The van der Waals surface area contributed by atoms with Gasteiger partial charge in [-0.25, -0.2) is 0 Å². The molecule has 0 bridgehead atoms. The molecule has 3 aromatic rings. The van der Waals surface area contributed by atoms with Crippen LogP contribution >= 0.6 is 0 Å². The molecule has 2 nitrogen and oxygen atoms in total. The van der Waals surface area contributed by atoms with Crippen LogP contribution < -0.4 is 5.32 Å². The van der Waals surface area contributed by atoms with Gasteiger partial charge in [-0.1, -0.05) is 36.4 Å². The summed E-state index contributed by atoms with van der Waals surface area (Å²) in [6, 6.07) is 19.7. The molecule has 0 amide bonds. The number of hydrogen-bond acceptors (Lipinski definition) is 1. The number of benzene rings is 2. The number of rotatable bonds is 6. The molecular formula is C19H22N2. The average molecular weight is 278 g/mol. The Bertz CT molecular complexity index is 698. The molecule has 2 heteroatoms. The fourth-order valence-electron chi connectivity index (χ4n) is 2.79. The first-order valence-electron chi connectivity index (χ1n) is 7.63. The molecule has 0 atom stereocenters.